The number of nitrogens with one attached hydrogen (secondary N) is 2. The largest absolute Gasteiger partial charge is 0.488 e. The Hall–Kier alpha value is -3.48. The fraction of sp³-hybridized carbons (Fsp3) is 0.120. The van der Waals surface area contributed by atoms with E-state index in [4.69, 9.17) is 4.74 Å². The molecule has 3 rings (SSSR count). The summed E-state index contributed by atoms with van der Waals surface area (Å²) >= 11 is 6.79. The molecule has 1 atom stereocenters. The number of carbonyl (C=O) groups excluding carboxylic acids is 2. The lowest BCUT2D eigenvalue weighted by molar-refractivity contribution is -0.122. The van der Waals surface area contributed by atoms with Gasteiger partial charge in [-0.3, -0.25) is 9.59 Å². The highest BCUT2D eigenvalue weighted by Gasteiger charge is 2.17. The van der Waals surface area contributed by atoms with Crippen molar-refractivity contribution in [2.75, 3.05) is 0 Å². The SMILES string of the molecule is CC(NC(=O)c1ccccc1Br)C(=O)NN=Cc1ccc(OCc2ccccc2C#N)c(Br)c1. The Morgan fingerprint density at radius 1 is 1.09 bits per heavy atom. The molecule has 172 valence electrons. The van der Waals surface area contributed by atoms with Gasteiger partial charge in [0.05, 0.1) is 27.9 Å². The number of ether oxygens (including phenoxy) is 1. The first-order valence-corrected chi connectivity index (χ1v) is 11.8. The summed E-state index contributed by atoms with van der Waals surface area (Å²) in [5.74, 6) is -0.208. The van der Waals surface area contributed by atoms with Crippen LogP contribution in [0.5, 0.6) is 5.75 Å². The fourth-order valence-electron chi connectivity index (χ4n) is 2.88. The lowest BCUT2D eigenvalue weighted by Gasteiger charge is -2.13. The van der Waals surface area contributed by atoms with Crippen LogP contribution in [-0.2, 0) is 11.4 Å². The molecule has 1 unspecified atom stereocenters. The molecule has 0 spiro atoms. The Bertz CT molecular complexity index is 1270. The molecule has 0 fully saturated rings. The second kappa shape index (κ2) is 12.1. The Balaban J connectivity index is 1.53. The maximum absolute atomic E-state index is 12.3. The third-order valence-corrected chi connectivity index (χ3v) is 6.04. The quantitative estimate of drug-likeness (QED) is 0.290. The van der Waals surface area contributed by atoms with Crippen molar-refractivity contribution in [1.29, 1.82) is 5.26 Å². The number of benzene rings is 3. The van der Waals surface area contributed by atoms with E-state index in [1.165, 1.54) is 6.21 Å². The van der Waals surface area contributed by atoms with E-state index >= 15 is 0 Å². The number of hydrogen-bond acceptors (Lipinski definition) is 5. The summed E-state index contributed by atoms with van der Waals surface area (Å²) < 4.78 is 7.16. The number of rotatable bonds is 8. The van der Waals surface area contributed by atoms with Gasteiger partial charge in [0.25, 0.3) is 11.8 Å². The second-order valence-electron chi connectivity index (χ2n) is 7.16. The number of carbonyl (C=O) groups is 2. The Morgan fingerprint density at radius 3 is 2.56 bits per heavy atom. The van der Waals surface area contributed by atoms with Crippen molar-refractivity contribution in [1.82, 2.24) is 10.7 Å². The van der Waals surface area contributed by atoms with E-state index in [1.54, 1.807) is 55.5 Å². The zero-order chi connectivity index (χ0) is 24.5. The Labute approximate surface area is 214 Å². The molecule has 0 saturated heterocycles. The molecule has 2 N–H and O–H groups in total. The molecule has 0 aliphatic carbocycles. The Kier molecular flexibility index (Phi) is 8.96. The van der Waals surface area contributed by atoms with Gasteiger partial charge in [0, 0.05) is 10.0 Å². The maximum atomic E-state index is 12.3. The minimum atomic E-state index is -0.782. The molecule has 0 aliphatic rings. The fourth-order valence-corrected chi connectivity index (χ4v) is 3.85. The van der Waals surface area contributed by atoms with Crippen LogP contribution in [0.4, 0.5) is 0 Å². The molecule has 2 amide bonds. The second-order valence-corrected chi connectivity index (χ2v) is 8.87. The first kappa shape index (κ1) is 25.1. The predicted molar refractivity (Wildman–Crippen MR) is 136 cm³/mol. The minimum absolute atomic E-state index is 0.259. The minimum Gasteiger partial charge on any atom is -0.488 e. The molecule has 9 heteroatoms. The number of amides is 2. The van der Waals surface area contributed by atoms with Crippen LogP contribution in [0.2, 0.25) is 0 Å². The van der Waals surface area contributed by atoms with Crippen LogP contribution in [0.25, 0.3) is 0 Å². The van der Waals surface area contributed by atoms with Crippen LogP contribution >= 0.6 is 31.9 Å². The van der Waals surface area contributed by atoms with Crippen LogP contribution in [0, 0.1) is 11.3 Å². The van der Waals surface area contributed by atoms with E-state index in [9.17, 15) is 14.9 Å². The molecule has 0 aliphatic heterocycles. The normalized spacial score (nSPS) is 11.5. The van der Waals surface area contributed by atoms with Gasteiger partial charge in [-0.15, -0.1) is 0 Å². The molecule has 0 radical (unpaired) electrons. The molecule has 0 heterocycles. The molecular formula is C25H20Br2N4O3. The standard InChI is InChI=1S/C25H20Br2N4O3/c1-16(30-25(33)20-8-4-5-9-21(20)26)24(32)31-29-14-17-10-11-23(22(27)12-17)34-15-19-7-3-2-6-18(19)13-28/h2-12,14,16H,15H2,1H3,(H,30,33)(H,31,32). The van der Waals surface area contributed by atoms with Crippen molar-refractivity contribution in [2.24, 2.45) is 5.10 Å². The highest BCUT2D eigenvalue weighted by molar-refractivity contribution is 9.10. The van der Waals surface area contributed by atoms with E-state index in [0.29, 0.717) is 25.8 Å². The first-order valence-electron chi connectivity index (χ1n) is 10.2. The molecule has 7 nitrogen and oxygen atoms in total. The average molecular weight is 584 g/mol. The first-order chi connectivity index (χ1) is 16.4. The molecule has 0 aromatic heterocycles. The van der Waals surface area contributed by atoms with E-state index < -0.39 is 11.9 Å². The van der Waals surface area contributed by atoms with Crippen molar-refractivity contribution in [3.8, 4) is 11.8 Å². The summed E-state index contributed by atoms with van der Waals surface area (Å²) in [5, 5.41) is 15.8. The molecular weight excluding hydrogens is 564 g/mol. The summed E-state index contributed by atoms with van der Waals surface area (Å²) in [6.07, 6.45) is 1.49. The van der Waals surface area contributed by atoms with E-state index in [-0.39, 0.29) is 12.5 Å². The lowest BCUT2D eigenvalue weighted by Crippen LogP contribution is -2.43. The topological polar surface area (TPSA) is 104 Å². The number of halogens is 2. The predicted octanol–water partition coefficient (Wildman–Crippen LogP) is 4.93. The van der Waals surface area contributed by atoms with Gasteiger partial charge >= 0.3 is 0 Å². The highest BCUT2D eigenvalue weighted by atomic mass is 79.9. The lowest BCUT2D eigenvalue weighted by atomic mass is 10.1. The maximum Gasteiger partial charge on any atom is 0.262 e. The summed E-state index contributed by atoms with van der Waals surface area (Å²) in [4.78, 5) is 24.6. The Morgan fingerprint density at radius 2 is 1.82 bits per heavy atom. The average Bonchev–Trinajstić information content (AvgIpc) is 2.83. The third-order valence-electron chi connectivity index (χ3n) is 4.72. The number of hydrazone groups is 1. The zero-order valence-corrected chi connectivity index (χ0v) is 21.3. The molecule has 34 heavy (non-hydrogen) atoms. The molecule has 0 bridgehead atoms. The monoisotopic (exact) mass is 582 g/mol. The molecule has 3 aromatic rings. The zero-order valence-electron chi connectivity index (χ0n) is 18.1. The van der Waals surface area contributed by atoms with E-state index in [1.807, 2.05) is 18.2 Å². The van der Waals surface area contributed by atoms with Gasteiger partial charge < -0.3 is 10.1 Å². The molecule has 3 aromatic carbocycles. The van der Waals surface area contributed by atoms with Crippen molar-refractivity contribution >= 4 is 49.9 Å². The van der Waals surface area contributed by atoms with Crippen molar-refractivity contribution in [3.05, 3.63) is 97.9 Å². The van der Waals surface area contributed by atoms with Crippen molar-refractivity contribution < 1.29 is 14.3 Å². The van der Waals surface area contributed by atoms with Gasteiger partial charge in [0.1, 0.15) is 18.4 Å². The van der Waals surface area contributed by atoms with Gasteiger partial charge in [-0.1, -0.05) is 30.3 Å². The smallest absolute Gasteiger partial charge is 0.262 e. The number of nitriles is 1. The summed E-state index contributed by atoms with van der Waals surface area (Å²) in [6.45, 7) is 1.84. The van der Waals surface area contributed by atoms with Gasteiger partial charge in [0.15, 0.2) is 0 Å². The number of nitrogens with zero attached hydrogens (tertiary/aromatic N) is 2. The number of hydrogen-bond donors (Lipinski definition) is 2. The van der Waals surface area contributed by atoms with Gasteiger partial charge in [0.2, 0.25) is 0 Å². The van der Waals surface area contributed by atoms with E-state index in [0.717, 1.165) is 11.1 Å². The summed E-state index contributed by atoms with van der Waals surface area (Å²) in [5.41, 5.74) is 4.95. The van der Waals surface area contributed by atoms with Crippen LogP contribution in [0.1, 0.15) is 34.0 Å². The van der Waals surface area contributed by atoms with Crippen LogP contribution in [-0.4, -0.2) is 24.1 Å². The van der Waals surface area contributed by atoms with Gasteiger partial charge in [-0.2, -0.15) is 10.4 Å². The van der Waals surface area contributed by atoms with Crippen LogP contribution in [0.3, 0.4) is 0 Å². The van der Waals surface area contributed by atoms with E-state index in [2.05, 4.69) is 53.8 Å². The van der Waals surface area contributed by atoms with Crippen LogP contribution in [0.15, 0.2) is 80.8 Å². The van der Waals surface area contributed by atoms with Crippen molar-refractivity contribution in [2.45, 2.75) is 19.6 Å². The molecule has 0 saturated carbocycles. The van der Waals surface area contributed by atoms with Gasteiger partial charge in [-0.05, 0) is 80.7 Å². The third kappa shape index (κ3) is 6.76. The van der Waals surface area contributed by atoms with Gasteiger partial charge in [-0.25, -0.2) is 5.43 Å². The summed E-state index contributed by atoms with van der Waals surface area (Å²) in [6, 6.07) is 20.9. The summed E-state index contributed by atoms with van der Waals surface area (Å²) in [7, 11) is 0. The van der Waals surface area contributed by atoms with Crippen LogP contribution < -0.4 is 15.5 Å². The highest BCUT2D eigenvalue weighted by Crippen LogP contribution is 2.26. The van der Waals surface area contributed by atoms with Crippen molar-refractivity contribution in [3.63, 3.8) is 0 Å².